The van der Waals surface area contributed by atoms with E-state index in [1.165, 1.54) is 0 Å². The minimum Gasteiger partial charge on any atom is -0.486 e. The van der Waals surface area contributed by atoms with Crippen molar-refractivity contribution in [2.45, 2.75) is 20.5 Å². The molecule has 0 aliphatic rings. The van der Waals surface area contributed by atoms with Crippen molar-refractivity contribution in [2.24, 2.45) is 5.84 Å². The molecule has 22 heavy (non-hydrogen) atoms. The maximum atomic E-state index is 11.9. The molecule has 0 aliphatic heterocycles. The second-order valence-corrected chi connectivity index (χ2v) is 5.54. The second kappa shape index (κ2) is 6.71. The van der Waals surface area contributed by atoms with Gasteiger partial charge in [-0.1, -0.05) is 6.07 Å². The lowest BCUT2D eigenvalue weighted by atomic mass is 10.1. The predicted octanol–water partition coefficient (Wildman–Crippen LogP) is 1.62. The minimum absolute atomic E-state index is 0.0674. The summed E-state index contributed by atoms with van der Waals surface area (Å²) in [5.41, 5.74) is 9.90. The van der Waals surface area contributed by atoms with Gasteiger partial charge in [-0.15, -0.1) is 0 Å². The highest BCUT2D eigenvalue weighted by Gasteiger charge is 2.18. The number of ether oxygens (including phenoxy) is 1. The first kappa shape index (κ1) is 16.2. The van der Waals surface area contributed by atoms with Crippen molar-refractivity contribution in [3.8, 4) is 5.75 Å². The third kappa shape index (κ3) is 3.52. The molecule has 0 saturated heterocycles. The number of amides is 1. The molecule has 0 saturated carbocycles. The summed E-state index contributed by atoms with van der Waals surface area (Å²) in [6.07, 6.45) is 0. The van der Waals surface area contributed by atoms with Crippen LogP contribution in [0.4, 0.5) is 5.95 Å². The van der Waals surface area contributed by atoms with E-state index in [4.69, 9.17) is 16.3 Å². The molecule has 0 bridgehead atoms. The average Bonchev–Trinajstić information content (AvgIpc) is 2.45. The lowest BCUT2D eigenvalue weighted by molar-refractivity contribution is 0.0949. The summed E-state index contributed by atoms with van der Waals surface area (Å²) < 4.78 is 6.53. The third-order valence-corrected chi connectivity index (χ3v) is 3.61. The number of rotatable bonds is 4. The van der Waals surface area contributed by atoms with Gasteiger partial charge in [-0.3, -0.25) is 10.2 Å². The van der Waals surface area contributed by atoms with Crippen molar-refractivity contribution in [2.75, 3.05) is 5.73 Å². The van der Waals surface area contributed by atoms with E-state index >= 15 is 0 Å². The summed E-state index contributed by atoms with van der Waals surface area (Å²) in [7, 11) is 0. The van der Waals surface area contributed by atoms with E-state index in [9.17, 15) is 4.79 Å². The number of carbonyl (C=O) groups is 1. The van der Waals surface area contributed by atoms with E-state index in [0.717, 1.165) is 10.0 Å². The lowest BCUT2D eigenvalue weighted by Crippen LogP contribution is -2.32. The number of anilines is 1. The molecule has 116 valence electrons. The molecule has 0 spiro atoms. The van der Waals surface area contributed by atoms with Gasteiger partial charge < -0.3 is 10.5 Å². The number of hydrazine groups is 1. The van der Waals surface area contributed by atoms with Crippen LogP contribution in [-0.2, 0) is 6.61 Å². The monoisotopic (exact) mass is 365 g/mol. The topological polar surface area (TPSA) is 116 Å². The molecule has 1 aromatic heterocycles. The molecule has 0 aliphatic carbocycles. The Hall–Kier alpha value is -2.19. The summed E-state index contributed by atoms with van der Waals surface area (Å²) in [6.45, 7) is 3.71. The predicted molar refractivity (Wildman–Crippen MR) is 86.0 cm³/mol. The Morgan fingerprint density at radius 1 is 1.36 bits per heavy atom. The highest BCUT2D eigenvalue weighted by molar-refractivity contribution is 9.10. The standard InChI is InChI=1S/C14H16BrN5O2/c1-7-3-4-11(9(15)5-7)22-6-10-12(13(21)20-17)8(2)18-14(16)19-10/h3-5H,6,17H2,1-2H3,(H,20,21)(H2,16,18,19). The van der Waals surface area contributed by atoms with Crippen LogP contribution in [0.1, 0.15) is 27.3 Å². The van der Waals surface area contributed by atoms with E-state index in [0.29, 0.717) is 17.1 Å². The smallest absolute Gasteiger partial charge is 0.269 e. The van der Waals surface area contributed by atoms with Crippen LogP contribution in [0, 0.1) is 13.8 Å². The summed E-state index contributed by atoms with van der Waals surface area (Å²) in [5.74, 6) is 5.42. The molecular formula is C14H16BrN5O2. The van der Waals surface area contributed by atoms with Crippen molar-refractivity contribution in [1.82, 2.24) is 15.4 Å². The normalized spacial score (nSPS) is 10.4. The molecule has 0 radical (unpaired) electrons. The zero-order chi connectivity index (χ0) is 16.3. The SMILES string of the molecule is Cc1ccc(OCc2nc(N)nc(C)c2C(=O)NN)c(Br)c1. The Balaban J connectivity index is 2.30. The fourth-order valence-corrected chi connectivity index (χ4v) is 2.60. The molecule has 0 fully saturated rings. The zero-order valence-electron chi connectivity index (χ0n) is 12.2. The van der Waals surface area contributed by atoms with Crippen LogP contribution in [0.5, 0.6) is 5.75 Å². The van der Waals surface area contributed by atoms with Gasteiger partial charge in [0.25, 0.3) is 5.91 Å². The maximum absolute atomic E-state index is 11.9. The molecule has 1 heterocycles. The van der Waals surface area contributed by atoms with Gasteiger partial charge in [0.1, 0.15) is 12.4 Å². The summed E-state index contributed by atoms with van der Waals surface area (Å²) in [5, 5.41) is 0. The summed E-state index contributed by atoms with van der Waals surface area (Å²) in [6, 6.07) is 5.69. The number of carbonyl (C=O) groups excluding carboxylic acids is 1. The van der Waals surface area contributed by atoms with Crippen molar-refractivity contribution in [3.63, 3.8) is 0 Å². The van der Waals surface area contributed by atoms with Gasteiger partial charge in [0.2, 0.25) is 5.95 Å². The Labute approximate surface area is 136 Å². The molecule has 2 rings (SSSR count). The first-order chi connectivity index (χ1) is 10.4. The number of aromatic nitrogens is 2. The maximum Gasteiger partial charge on any atom is 0.269 e. The Morgan fingerprint density at radius 3 is 2.73 bits per heavy atom. The van der Waals surface area contributed by atoms with Crippen LogP contribution in [-0.4, -0.2) is 15.9 Å². The molecule has 1 aromatic carbocycles. The van der Waals surface area contributed by atoms with Crippen LogP contribution in [0.25, 0.3) is 0 Å². The Bertz CT molecular complexity index is 721. The van der Waals surface area contributed by atoms with Crippen LogP contribution in [0.15, 0.2) is 22.7 Å². The molecule has 8 heteroatoms. The van der Waals surface area contributed by atoms with E-state index in [2.05, 4.69) is 31.3 Å². The number of nitrogens with two attached hydrogens (primary N) is 2. The Morgan fingerprint density at radius 2 is 2.09 bits per heavy atom. The second-order valence-electron chi connectivity index (χ2n) is 4.68. The van der Waals surface area contributed by atoms with E-state index in [-0.39, 0.29) is 18.1 Å². The molecular weight excluding hydrogens is 350 g/mol. The fourth-order valence-electron chi connectivity index (χ4n) is 2.00. The summed E-state index contributed by atoms with van der Waals surface area (Å²) >= 11 is 3.43. The number of aryl methyl sites for hydroxylation is 2. The van der Waals surface area contributed by atoms with Crippen molar-refractivity contribution >= 4 is 27.8 Å². The Kier molecular flexibility index (Phi) is 4.94. The molecule has 2 aromatic rings. The van der Waals surface area contributed by atoms with Crippen molar-refractivity contribution in [3.05, 3.63) is 45.2 Å². The third-order valence-electron chi connectivity index (χ3n) is 2.99. The fraction of sp³-hybridized carbons (Fsp3) is 0.214. The highest BCUT2D eigenvalue weighted by Crippen LogP contribution is 2.27. The van der Waals surface area contributed by atoms with E-state index in [1.807, 2.05) is 25.1 Å². The number of hydrogen-bond donors (Lipinski definition) is 3. The van der Waals surface area contributed by atoms with Gasteiger partial charge >= 0.3 is 0 Å². The van der Waals surface area contributed by atoms with Gasteiger partial charge in [0.15, 0.2) is 0 Å². The van der Waals surface area contributed by atoms with Gasteiger partial charge in [0, 0.05) is 0 Å². The zero-order valence-corrected chi connectivity index (χ0v) is 13.8. The first-order valence-corrected chi connectivity index (χ1v) is 7.24. The number of nitrogens with zero attached hydrogens (tertiary/aromatic N) is 2. The van der Waals surface area contributed by atoms with Crippen LogP contribution in [0.2, 0.25) is 0 Å². The molecule has 5 N–H and O–H groups in total. The quantitative estimate of drug-likeness (QED) is 0.430. The number of nitrogen functional groups attached to an aromatic ring is 2. The van der Waals surface area contributed by atoms with Gasteiger partial charge in [-0.2, -0.15) is 0 Å². The highest BCUT2D eigenvalue weighted by atomic mass is 79.9. The minimum atomic E-state index is -0.487. The van der Waals surface area contributed by atoms with Crippen molar-refractivity contribution in [1.29, 1.82) is 0 Å². The van der Waals surface area contributed by atoms with E-state index in [1.54, 1.807) is 6.92 Å². The van der Waals surface area contributed by atoms with Crippen LogP contribution >= 0.6 is 15.9 Å². The number of halogens is 1. The van der Waals surface area contributed by atoms with Crippen LogP contribution < -0.4 is 21.7 Å². The lowest BCUT2D eigenvalue weighted by Gasteiger charge is -2.13. The van der Waals surface area contributed by atoms with Crippen molar-refractivity contribution < 1.29 is 9.53 Å². The number of hydrogen-bond acceptors (Lipinski definition) is 6. The largest absolute Gasteiger partial charge is 0.486 e. The van der Waals surface area contributed by atoms with E-state index < -0.39 is 5.91 Å². The molecule has 1 amide bonds. The molecule has 0 atom stereocenters. The number of nitrogens with one attached hydrogen (secondary N) is 1. The van der Waals surface area contributed by atoms with Crippen LogP contribution in [0.3, 0.4) is 0 Å². The van der Waals surface area contributed by atoms with Gasteiger partial charge in [-0.25, -0.2) is 15.8 Å². The molecule has 7 nitrogen and oxygen atoms in total. The number of benzene rings is 1. The molecule has 0 unspecified atom stereocenters. The summed E-state index contributed by atoms with van der Waals surface area (Å²) in [4.78, 5) is 19.9. The first-order valence-electron chi connectivity index (χ1n) is 6.45. The van der Waals surface area contributed by atoms with Gasteiger partial charge in [-0.05, 0) is 47.5 Å². The average molecular weight is 366 g/mol. The van der Waals surface area contributed by atoms with Gasteiger partial charge in [0.05, 0.1) is 21.4 Å².